The maximum Gasteiger partial charge on any atom is 0.0500 e. The molecule has 0 spiro atoms. The largest absolute Gasteiger partial charge is 0.0686 e. The van der Waals surface area contributed by atoms with Gasteiger partial charge in [-0.05, 0) is 57.9 Å². The summed E-state index contributed by atoms with van der Waals surface area (Å²) in [5.74, 6) is 0.203. The summed E-state index contributed by atoms with van der Waals surface area (Å²) in [6.07, 6.45) is 15.2. The number of benzene rings is 3. The van der Waals surface area contributed by atoms with Crippen molar-refractivity contribution in [3.63, 3.8) is 0 Å². The number of fused-ring (bicyclic) bond motifs is 2. The van der Waals surface area contributed by atoms with Crippen LogP contribution in [0, 0.1) is 0 Å². The smallest absolute Gasteiger partial charge is 0.0500 e. The summed E-state index contributed by atoms with van der Waals surface area (Å²) in [7, 11) is 0. The summed E-state index contributed by atoms with van der Waals surface area (Å²) in [6.45, 7) is 4.43. The van der Waals surface area contributed by atoms with Crippen LogP contribution in [0.15, 0.2) is 126 Å². The zero-order valence-corrected chi connectivity index (χ0v) is 19.3. The van der Waals surface area contributed by atoms with Crippen molar-refractivity contribution < 1.29 is 0 Å². The van der Waals surface area contributed by atoms with E-state index in [2.05, 4.69) is 129 Å². The van der Waals surface area contributed by atoms with Gasteiger partial charge in [-0.3, -0.25) is 0 Å². The molecule has 0 aromatic heterocycles. The standard InChI is InChI=1S/C33H28/c1-3-24-15-17-25(18-16-24)30-22-26-10-7-8-14-29(26)32(30)33(28-12-5-4-6-13-28)19-9-11-27-20-23(2)21-31(27)33/h4-22,32H,3H2,1-2H3. The molecule has 3 aliphatic rings. The molecule has 0 N–H and O–H groups in total. The molecule has 0 saturated carbocycles. The Morgan fingerprint density at radius 2 is 1.55 bits per heavy atom. The highest BCUT2D eigenvalue weighted by Crippen LogP contribution is 2.59. The lowest BCUT2D eigenvalue weighted by atomic mass is 9.59. The van der Waals surface area contributed by atoms with Crippen LogP contribution in [-0.4, -0.2) is 0 Å². The lowest BCUT2D eigenvalue weighted by Crippen LogP contribution is -2.35. The Morgan fingerprint density at radius 3 is 2.33 bits per heavy atom. The van der Waals surface area contributed by atoms with Crippen molar-refractivity contribution in [2.24, 2.45) is 0 Å². The third-order valence-electron chi connectivity index (χ3n) is 7.48. The third-order valence-corrected chi connectivity index (χ3v) is 7.48. The SMILES string of the molecule is CCc1ccc(C2=Cc3ccccc3C2C2(c3ccccc3)C=CC=C3C=C(C)C=C32)cc1. The molecule has 6 rings (SSSR count). The minimum atomic E-state index is -0.262. The van der Waals surface area contributed by atoms with E-state index < -0.39 is 0 Å². The van der Waals surface area contributed by atoms with Crippen LogP contribution in [0.5, 0.6) is 0 Å². The maximum absolute atomic E-state index is 2.45. The van der Waals surface area contributed by atoms with Gasteiger partial charge in [-0.2, -0.15) is 0 Å². The van der Waals surface area contributed by atoms with Gasteiger partial charge >= 0.3 is 0 Å². The summed E-state index contributed by atoms with van der Waals surface area (Å²) in [6, 6.07) is 29.2. The van der Waals surface area contributed by atoms with Gasteiger partial charge in [-0.1, -0.05) is 128 Å². The average molecular weight is 425 g/mol. The molecule has 0 aliphatic heterocycles. The van der Waals surface area contributed by atoms with Gasteiger partial charge in [0.25, 0.3) is 0 Å². The van der Waals surface area contributed by atoms with E-state index in [4.69, 9.17) is 0 Å². The molecular weight excluding hydrogens is 396 g/mol. The Balaban J connectivity index is 1.63. The fraction of sp³-hybridized carbons (Fsp3) is 0.152. The van der Waals surface area contributed by atoms with Gasteiger partial charge in [0.1, 0.15) is 0 Å². The number of rotatable bonds is 4. The van der Waals surface area contributed by atoms with Crippen molar-refractivity contribution in [1.29, 1.82) is 0 Å². The molecule has 2 unspecified atom stereocenters. The maximum atomic E-state index is 2.45. The van der Waals surface area contributed by atoms with E-state index in [-0.39, 0.29) is 11.3 Å². The monoisotopic (exact) mass is 424 g/mol. The van der Waals surface area contributed by atoms with Crippen molar-refractivity contribution in [3.05, 3.63) is 154 Å². The van der Waals surface area contributed by atoms with Gasteiger partial charge < -0.3 is 0 Å². The highest BCUT2D eigenvalue weighted by Gasteiger charge is 2.48. The van der Waals surface area contributed by atoms with E-state index in [1.54, 1.807) is 0 Å². The molecule has 0 fully saturated rings. The van der Waals surface area contributed by atoms with E-state index in [1.807, 2.05) is 0 Å². The molecule has 3 aliphatic carbocycles. The molecule has 0 saturated heterocycles. The first-order valence-corrected chi connectivity index (χ1v) is 12.0. The summed E-state index contributed by atoms with van der Waals surface area (Å²) in [5, 5.41) is 0. The predicted octanol–water partition coefficient (Wildman–Crippen LogP) is 8.21. The predicted molar refractivity (Wildman–Crippen MR) is 140 cm³/mol. The zero-order chi connectivity index (χ0) is 22.4. The van der Waals surface area contributed by atoms with Crippen molar-refractivity contribution >= 4 is 11.6 Å². The van der Waals surface area contributed by atoms with Crippen molar-refractivity contribution in [3.8, 4) is 0 Å². The first kappa shape index (κ1) is 20.0. The number of hydrogen-bond donors (Lipinski definition) is 0. The molecular formula is C33H28. The van der Waals surface area contributed by atoms with Gasteiger partial charge in [-0.15, -0.1) is 0 Å². The highest BCUT2D eigenvalue weighted by molar-refractivity contribution is 5.94. The normalized spacial score (nSPS) is 22.8. The second-order valence-electron chi connectivity index (χ2n) is 9.37. The third kappa shape index (κ3) is 3.05. The van der Waals surface area contributed by atoms with Crippen LogP contribution < -0.4 is 0 Å². The number of aryl methyl sites for hydroxylation is 1. The molecule has 33 heavy (non-hydrogen) atoms. The quantitative estimate of drug-likeness (QED) is 0.396. The van der Waals surface area contributed by atoms with E-state index in [0.29, 0.717) is 0 Å². The summed E-state index contributed by atoms with van der Waals surface area (Å²) in [5.41, 5.74) is 12.0. The lowest BCUT2D eigenvalue weighted by Gasteiger charge is -2.43. The molecule has 160 valence electrons. The van der Waals surface area contributed by atoms with Crippen LogP contribution >= 0.6 is 0 Å². The van der Waals surface area contributed by atoms with Gasteiger partial charge in [0.15, 0.2) is 0 Å². The Hall–Kier alpha value is -3.64. The van der Waals surface area contributed by atoms with Crippen LogP contribution in [0.4, 0.5) is 0 Å². The molecule has 3 aromatic rings. The van der Waals surface area contributed by atoms with Gasteiger partial charge in [0.05, 0.1) is 0 Å². The molecule has 0 heterocycles. The molecule has 0 heteroatoms. The Bertz CT molecular complexity index is 1370. The number of hydrogen-bond acceptors (Lipinski definition) is 0. The van der Waals surface area contributed by atoms with Gasteiger partial charge in [0, 0.05) is 11.3 Å². The van der Waals surface area contributed by atoms with Crippen molar-refractivity contribution in [2.75, 3.05) is 0 Å². The number of allylic oxidation sites excluding steroid dienone is 9. The molecule has 0 amide bonds. The van der Waals surface area contributed by atoms with Crippen LogP contribution in [-0.2, 0) is 11.8 Å². The minimum Gasteiger partial charge on any atom is -0.0686 e. The fourth-order valence-corrected chi connectivity index (χ4v) is 5.95. The van der Waals surface area contributed by atoms with Crippen molar-refractivity contribution in [2.45, 2.75) is 31.6 Å². The minimum absolute atomic E-state index is 0.203. The second kappa shape index (κ2) is 7.74. The van der Waals surface area contributed by atoms with E-state index in [1.165, 1.54) is 50.1 Å². The first-order chi connectivity index (χ1) is 16.2. The Kier molecular flexibility index (Phi) is 4.69. The van der Waals surface area contributed by atoms with Crippen LogP contribution in [0.3, 0.4) is 0 Å². The molecule has 0 bridgehead atoms. The Morgan fingerprint density at radius 1 is 0.788 bits per heavy atom. The van der Waals surface area contributed by atoms with Crippen molar-refractivity contribution in [1.82, 2.24) is 0 Å². The topological polar surface area (TPSA) is 0 Å². The summed E-state index contributed by atoms with van der Waals surface area (Å²) < 4.78 is 0. The summed E-state index contributed by atoms with van der Waals surface area (Å²) >= 11 is 0. The molecule has 0 nitrogen and oxygen atoms in total. The van der Waals surface area contributed by atoms with Gasteiger partial charge in [-0.25, -0.2) is 0 Å². The molecule has 3 aromatic carbocycles. The second-order valence-corrected chi connectivity index (χ2v) is 9.37. The average Bonchev–Trinajstić information content (AvgIpc) is 3.45. The van der Waals surface area contributed by atoms with E-state index in [9.17, 15) is 0 Å². The van der Waals surface area contributed by atoms with Gasteiger partial charge in [0.2, 0.25) is 0 Å². The van der Waals surface area contributed by atoms with E-state index >= 15 is 0 Å². The Labute approximate surface area is 197 Å². The van der Waals surface area contributed by atoms with E-state index in [0.717, 1.165) is 6.42 Å². The van der Waals surface area contributed by atoms with Crippen LogP contribution in [0.1, 0.15) is 47.6 Å². The van der Waals surface area contributed by atoms with Crippen LogP contribution in [0.25, 0.3) is 11.6 Å². The highest BCUT2D eigenvalue weighted by atomic mass is 14.5. The fourth-order valence-electron chi connectivity index (χ4n) is 5.95. The molecule has 2 atom stereocenters. The van der Waals surface area contributed by atoms with Crippen LogP contribution in [0.2, 0.25) is 0 Å². The lowest BCUT2D eigenvalue weighted by molar-refractivity contribution is 0.580. The zero-order valence-electron chi connectivity index (χ0n) is 19.3. The first-order valence-electron chi connectivity index (χ1n) is 12.0. The molecule has 0 radical (unpaired) electrons. The summed E-state index contributed by atoms with van der Waals surface area (Å²) in [4.78, 5) is 0.